The first-order valence-corrected chi connectivity index (χ1v) is 6.60. The van der Waals surface area contributed by atoms with Crippen LogP contribution in [0.1, 0.15) is 36.3 Å². The van der Waals surface area contributed by atoms with Crippen molar-refractivity contribution in [2.24, 2.45) is 0 Å². The second kappa shape index (κ2) is 5.60. The Balaban J connectivity index is 2.73. The smallest absolute Gasteiger partial charge is 0.273 e. The summed E-state index contributed by atoms with van der Waals surface area (Å²) in [5.41, 5.74) is 0.561. The molecule has 1 aromatic heterocycles. The lowest BCUT2D eigenvalue weighted by Crippen LogP contribution is -2.33. The van der Waals surface area contributed by atoms with Gasteiger partial charge in [-0.3, -0.25) is 4.79 Å². The van der Waals surface area contributed by atoms with Crippen LogP contribution in [-0.2, 0) is 5.41 Å². The minimum atomic E-state index is -0.00741. The third-order valence-corrected chi connectivity index (χ3v) is 3.68. The summed E-state index contributed by atoms with van der Waals surface area (Å²) in [6.07, 6.45) is 0. The molecule has 0 aliphatic carbocycles. The Hall–Kier alpha value is -0.940. The maximum Gasteiger partial charge on any atom is 0.273 e. The first-order valence-electron chi connectivity index (χ1n) is 5.72. The molecule has 1 N–H and O–H groups in total. The molecule has 0 spiro atoms. The number of thiazole rings is 1. The van der Waals surface area contributed by atoms with Crippen LogP contribution in [-0.4, -0.2) is 43.0 Å². The van der Waals surface area contributed by atoms with Crippen LogP contribution >= 0.6 is 11.3 Å². The minimum absolute atomic E-state index is 0.00669. The van der Waals surface area contributed by atoms with E-state index in [2.05, 4.69) is 31.1 Å². The molecule has 0 saturated heterocycles. The number of aromatic nitrogens is 1. The summed E-state index contributed by atoms with van der Waals surface area (Å²) in [5.74, 6) is -0.00741. The van der Waals surface area contributed by atoms with Crippen molar-refractivity contribution in [3.05, 3.63) is 16.1 Å². The largest absolute Gasteiger partial charge is 0.339 e. The van der Waals surface area contributed by atoms with Gasteiger partial charge in [0.15, 0.2) is 0 Å². The van der Waals surface area contributed by atoms with Crippen molar-refractivity contribution < 1.29 is 4.79 Å². The highest BCUT2D eigenvalue weighted by atomic mass is 32.1. The van der Waals surface area contributed by atoms with E-state index in [0.29, 0.717) is 12.2 Å². The van der Waals surface area contributed by atoms with Crippen LogP contribution in [0.3, 0.4) is 0 Å². The van der Waals surface area contributed by atoms with E-state index < -0.39 is 0 Å². The zero-order valence-electron chi connectivity index (χ0n) is 11.2. The number of rotatable bonds is 4. The van der Waals surface area contributed by atoms with Gasteiger partial charge in [-0.1, -0.05) is 20.8 Å². The Morgan fingerprint density at radius 3 is 2.65 bits per heavy atom. The van der Waals surface area contributed by atoms with Crippen LogP contribution in [0.4, 0.5) is 0 Å². The van der Waals surface area contributed by atoms with Crippen LogP contribution in [0, 0.1) is 0 Å². The molecule has 5 heteroatoms. The van der Waals surface area contributed by atoms with Gasteiger partial charge >= 0.3 is 0 Å². The van der Waals surface area contributed by atoms with Gasteiger partial charge in [0.2, 0.25) is 0 Å². The number of carbonyl (C=O) groups excluding carboxylic acids is 1. The number of nitrogens with one attached hydrogen (secondary N) is 1. The fraction of sp³-hybridized carbons (Fsp3) is 0.667. The summed E-state index contributed by atoms with van der Waals surface area (Å²) in [4.78, 5) is 18.1. The van der Waals surface area contributed by atoms with Crippen molar-refractivity contribution in [1.29, 1.82) is 0 Å². The number of carbonyl (C=O) groups is 1. The van der Waals surface area contributed by atoms with Crippen molar-refractivity contribution in [2.75, 3.05) is 27.2 Å². The number of hydrogen-bond acceptors (Lipinski definition) is 4. The monoisotopic (exact) mass is 255 g/mol. The Morgan fingerprint density at radius 1 is 1.53 bits per heavy atom. The highest BCUT2D eigenvalue weighted by molar-refractivity contribution is 7.10. The van der Waals surface area contributed by atoms with Gasteiger partial charge in [-0.2, -0.15) is 0 Å². The Bertz CT molecular complexity index is 381. The molecule has 0 fully saturated rings. The summed E-state index contributed by atoms with van der Waals surface area (Å²) in [6.45, 7) is 7.79. The van der Waals surface area contributed by atoms with Crippen molar-refractivity contribution in [3.63, 3.8) is 0 Å². The summed E-state index contributed by atoms with van der Waals surface area (Å²) >= 11 is 1.55. The topological polar surface area (TPSA) is 45.2 Å². The maximum absolute atomic E-state index is 12.0. The molecule has 17 heavy (non-hydrogen) atoms. The van der Waals surface area contributed by atoms with Crippen molar-refractivity contribution in [3.8, 4) is 0 Å². The highest BCUT2D eigenvalue weighted by Gasteiger charge is 2.21. The zero-order chi connectivity index (χ0) is 13.1. The quantitative estimate of drug-likeness (QED) is 0.891. The summed E-state index contributed by atoms with van der Waals surface area (Å²) in [7, 11) is 3.68. The predicted molar refractivity (Wildman–Crippen MR) is 71.7 cm³/mol. The summed E-state index contributed by atoms with van der Waals surface area (Å²) in [5, 5.41) is 5.87. The molecule has 1 rings (SSSR count). The third kappa shape index (κ3) is 3.78. The molecule has 0 aliphatic heterocycles. The van der Waals surface area contributed by atoms with Gasteiger partial charge in [-0.05, 0) is 7.05 Å². The first-order chi connectivity index (χ1) is 7.86. The molecule has 1 amide bonds. The predicted octanol–water partition coefficient (Wildman–Crippen LogP) is 1.73. The average Bonchev–Trinajstić information content (AvgIpc) is 2.73. The minimum Gasteiger partial charge on any atom is -0.339 e. The van der Waals surface area contributed by atoms with Gasteiger partial charge in [0.05, 0.1) is 5.01 Å². The lowest BCUT2D eigenvalue weighted by atomic mass is 9.98. The number of likely N-dealkylation sites (N-methyl/N-ethyl adjacent to an activating group) is 2. The Labute approximate surface area is 107 Å². The van der Waals surface area contributed by atoms with E-state index in [9.17, 15) is 4.79 Å². The van der Waals surface area contributed by atoms with Crippen LogP contribution in [0.5, 0.6) is 0 Å². The van der Waals surface area contributed by atoms with Gasteiger partial charge in [0.25, 0.3) is 5.91 Å². The number of hydrogen-bond donors (Lipinski definition) is 1. The van der Waals surface area contributed by atoms with Crippen molar-refractivity contribution >= 4 is 17.2 Å². The Kier molecular flexibility index (Phi) is 4.65. The lowest BCUT2D eigenvalue weighted by Gasteiger charge is -2.16. The molecule has 1 heterocycles. The third-order valence-electron chi connectivity index (χ3n) is 2.41. The van der Waals surface area contributed by atoms with Gasteiger partial charge in [-0.25, -0.2) is 4.98 Å². The molecule has 0 aliphatic rings. The van der Waals surface area contributed by atoms with Crippen molar-refractivity contribution in [2.45, 2.75) is 26.2 Å². The lowest BCUT2D eigenvalue weighted by molar-refractivity contribution is 0.0791. The standard InChI is InChI=1S/C12H21N3OS/c1-12(2,3)11-14-9(8-17-11)10(16)15(5)7-6-13-4/h8,13H,6-7H2,1-5H3. The summed E-state index contributed by atoms with van der Waals surface area (Å²) < 4.78 is 0. The normalized spacial score (nSPS) is 11.6. The Morgan fingerprint density at radius 2 is 2.18 bits per heavy atom. The molecule has 96 valence electrons. The van der Waals surface area contributed by atoms with Crippen molar-refractivity contribution in [1.82, 2.24) is 15.2 Å². The molecule has 0 bridgehead atoms. The van der Waals surface area contributed by atoms with E-state index in [1.807, 2.05) is 12.4 Å². The molecule has 0 unspecified atom stereocenters. The molecule has 0 atom stereocenters. The van der Waals surface area contributed by atoms with E-state index in [0.717, 1.165) is 11.6 Å². The zero-order valence-corrected chi connectivity index (χ0v) is 12.0. The molecule has 0 saturated carbocycles. The first kappa shape index (κ1) is 14.1. The van der Waals surface area contributed by atoms with E-state index in [4.69, 9.17) is 0 Å². The second-order valence-corrected chi connectivity index (χ2v) is 5.98. The molecular formula is C12H21N3OS. The van der Waals surface area contributed by atoms with Gasteiger partial charge in [0.1, 0.15) is 5.69 Å². The molecule has 1 aromatic rings. The molecule has 4 nitrogen and oxygen atoms in total. The highest BCUT2D eigenvalue weighted by Crippen LogP contribution is 2.25. The van der Waals surface area contributed by atoms with Gasteiger partial charge in [0, 0.05) is 30.9 Å². The van der Waals surface area contributed by atoms with Crippen LogP contribution in [0.25, 0.3) is 0 Å². The van der Waals surface area contributed by atoms with E-state index in [1.54, 1.807) is 23.3 Å². The molecular weight excluding hydrogens is 234 g/mol. The van der Waals surface area contributed by atoms with Crippen LogP contribution in [0.15, 0.2) is 5.38 Å². The SMILES string of the molecule is CNCCN(C)C(=O)c1csc(C(C)(C)C)n1. The number of nitrogens with zero attached hydrogens (tertiary/aromatic N) is 2. The van der Waals surface area contributed by atoms with E-state index in [-0.39, 0.29) is 11.3 Å². The molecule has 0 aromatic carbocycles. The van der Waals surface area contributed by atoms with Crippen LogP contribution in [0.2, 0.25) is 0 Å². The summed E-state index contributed by atoms with van der Waals surface area (Å²) in [6, 6.07) is 0. The fourth-order valence-corrected chi connectivity index (χ4v) is 2.17. The van der Waals surface area contributed by atoms with E-state index >= 15 is 0 Å². The fourth-order valence-electron chi connectivity index (χ4n) is 1.29. The average molecular weight is 255 g/mol. The molecule has 0 radical (unpaired) electrons. The second-order valence-electron chi connectivity index (χ2n) is 5.12. The van der Waals surface area contributed by atoms with Crippen LogP contribution < -0.4 is 5.32 Å². The van der Waals surface area contributed by atoms with Gasteiger partial charge < -0.3 is 10.2 Å². The number of amides is 1. The van der Waals surface area contributed by atoms with Gasteiger partial charge in [-0.15, -0.1) is 11.3 Å². The maximum atomic E-state index is 12.0. The van der Waals surface area contributed by atoms with E-state index in [1.165, 1.54) is 0 Å².